The number of aliphatic imine (C=N–C) groups is 1. The summed E-state index contributed by atoms with van der Waals surface area (Å²) in [4.78, 5) is 7.03. The van der Waals surface area contributed by atoms with Gasteiger partial charge < -0.3 is 14.7 Å². The molecular formula is C28H26N2O2. The Bertz CT molecular complexity index is 1150. The van der Waals surface area contributed by atoms with Gasteiger partial charge in [0.05, 0.1) is 19.7 Å². The molecule has 0 fully saturated rings. The topological polar surface area (TPSA) is 45.1 Å². The normalized spacial score (nSPS) is 14.3. The summed E-state index contributed by atoms with van der Waals surface area (Å²) < 4.78 is 5.41. The van der Waals surface area contributed by atoms with Crippen molar-refractivity contribution in [2.24, 2.45) is 4.99 Å². The number of nitrogens with zero attached hydrogens (tertiary/aromatic N) is 2. The van der Waals surface area contributed by atoms with Gasteiger partial charge in [0.1, 0.15) is 11.5 Å². The summed E-state index contributed by atoms with van der Waals surface area (Å²) in [6.45, 7) is 0.525. The maximum absolute atomic E-state index is 9.87. The van der Waals surface area contributed by atoms with Crippen molar-refractivity contribution in [3.05, 3.63) is 126 Å². The first-order valence-corrected chi connectivity index (χ1v) is 10.6. The molecule has 0 radical (unpaired) electrons. The van der Waals surface area contributed by atoms with Crippen LogP contribution in [0.25, 0.3) is 5.70 Å². The summed E-state index contributed by atoms with van der Waals surface area (Å²) in [5, 5.41) is 9.87. The molecule has 3 aromatic carbocycles. The number of phenols is 1. The summed E-state index contributed by atoms with van der Waals surface area (Å²) in [5.74, 6) is 0.856. The molecule has 3 aromatic rings. The highest BCUT2D eigenvalue weighted by Crippen LogP contribution is 2.32. The third kappa shape index (κ3) is 4.98. The molecule has 0 saturated carbocycles. The Morgan fingerprint density at radius 2 is 1.69 bits per heavy atom. The van der Waals surface area contributed by atoms with Gasteiger partial charge in [0, 0.05) is 23.7 Å². The number of allylic oxidation sites excluding steroid dienone is 4. The maximum Gasteiger partial charge on any atom is 0.127 e. The monoisotopic (exact) mass is 422 g/mol. The molecule has 1 N–H and O–H groups in total. The van der Waals surface area contributed by atoms with E-state index in [1.807, 2.05) is 24.3 Å². The number of ether oxygens (including phenoxy) is 1. The number of benzene rings is 3. The summed E-state index contributed by atoms with van der Waals surface area (Å²) >= 11 is 0. The van der Waals surface area contributed by atoms with Gasteiger partial charge in [-0.1, -0.05) is 72.8 Å². The lowest BCUT2D eigenvalue weighted by atomic mass is 10.0. The molecule has 1 heterocycles. The SMILES string of the molecule is COc1ccc(O)cc1C=NC[C@@H](c1ccccc1)N1C=CC=CC=C1c1ccccc1. The molecule has 0 aliphatic carbocycles. The van der Waals surface area contributed by atoms with Crippen molar-refractivity contribution in [2.45, 2.75) is 6.04 Å². The van der Waals surface area contributed by atoms with Gasteiger partial charge in [-0.25, -0.2) is 0 Å². The molecule has 160 valence electrons. The van der Waals surface area contributed by atoms with Crippen LogP contribution < -0.4 is 4.74 Å². The molecule has 4 heteroatoms. The Morgan fingerprint density at radius 1 is 0.938 bits per heavy atom. The summed E-state index contributed by atoms with van der Waals surface area (Å²) in [6.07, 6.45) is 12.1. The summed E-state index contributed by atoms with van der Waals surface area (Å²) in [5.41, 5.74) is 4.16. The third-order valence-electron chi connectivity index (χ3n) is 5.31. The Balaban J connectivity index is 1.69. The molecule has 0 spiro atoms. The van der Waals surface area contributed by atoms with E-state index in [0.29, 0.717) is 12.3 Å². The molecule has 1 atom stereocenters. The van der Waals surface area contributed by atoms with Crippen molar-refractivity contribution < 1.29 is 9.84 Å². The molecule has 1 aliphatic rings. The highest BCUT2D eigenvalue weighted by Gasteiger charge is 2.22. The molecule has 0 unspecified atom stereocenters. The second-order valence-electron chi connectivity index (χ2n) is 7.40. The van der Waals surface area contributed by atoms with E-state index in [4.69, 9.17) is 9.73 Å². The molecule has 4 nitrogen and oxygen atoms in total. The van der Waals surface area contributed by atoms with Crippen molar-refractivity contribution in [1.82, 2.24) is 4.90 Å². The minimum atomic E-state index is -0.0154. The zero-order chi connectivity index (χ0) is 22.2. The lowest BCUT2D eigenvalue weighted by Gasteiger charge is -2.32. The lowest BCUT2D eigenvalue weighted by Crippen LogP contribution is -2.24. The minimum Gasteiger partial charge on any atom is -0.508 e. The predicted molar refractivity (Wildman–Crippen MR) is 131 cm³/mol. The van der Waals surface area contributed by atoms with Gasteiger partial charge in [0.25, 0.3) is 0 Å². The van der Waals surface area contributed by atoms with Crippen LogP contribution in [-0.4, -0.2) is 29.9 Å². The minimum absolute atomic E-state index is 0.0154. The maximum atomic E-state index is 9.87. The fraction of sp³-hybridized carbons (Fsp3) is 0.107. The van der Waals surface area contributed by atoms with Crippen LogP contribution in [-0.2, 0) is 0 Å². The fourth-order valence-electron chi connectivity index (χ4n) is 3.75. The quantitative estimate of drug-likeness (QED) is 0.476. The molecule has 32 heavy (non-hydrogen) atoms. The van der Waals surface area contributed by atoms with E-state index < -0.39 is 0 Å². The number of phenolic OH excluding ortho intramolecular Hbond substituents is 1. The first-order valence-electron chi connectivity index (χ1n) is 10.6. The second-order valence-corrected chi connectivity index (χ2v) is 7.40. The van der Waals surface area contributed by atoms with Gasteiger partial charge in [0.15, 0.2) is 0 Å². The van der Waals surface area contributed by atoms with Crippen molar-refractivity contribution in [3.8, 4) is 11.5 Å². The highest BCUT2D eigenvalue weighted by atomic mass is 16.5. The molecule has 0 amide bonds. The Kier molecular flexibility index (Phi) is 6.83. The van der Waals surface area contributed by atoms with Crippen LogP contribution in [0.2, 0.25) is 0 Å². The number of rotatable bonds is 7. The summed E-state index contributed by atoms with van der Waals surface area (Å²) in [7, 11) is 1.61. The molecule has 0 bridgehead atoms. The second kappa shape index (κ2) is 10.3. The third-order valence-corrected chi connectivity index (χ3v) is 5.31. The zero-order valence-electron chi connectivity index (χ0n) is 18.0. The van der Waals surface area contributed by atoms with Crippen molar-refractivity contribution in [2.75, 3.05) is 13.7 Å². The van der Waals surface area contributed by atoms with Gasteiger partial charge in [-0.05, 0) is 41.5 Å². The van der Waals surface area contributed by atoms with Gasteiger partial charge >= 0.3 is 0 Å². The number of hydrogen-bond acceptors (Lipinski definition) is 4. The average Bonchev–Trinajstić information content (AvgIpc) is 3.09. The smallest absolute Gasteiger partial charge is 0.127 e. The van der Waals surface area contributed by atoms with Gasteiger partial charge in [0.2, 0.25) is 0 Å². The van der Waals surface area contributed by atoms with Crippen molar-refractivity contribution >= 4 is 11.9 Å². The van der Waals surface area contributed by atoms with E-state index in [0.717, 1.165) is 16.8 Å². The van der Waals surface area contributed by atoms with Crippen LogP contribution >= 0.6 is 0 Å². The Labute approximate surface area is 189 Å². The molecule has 0 aromatic heterocycles. The van der Waals surface area contributed by atoms with Crippen LogP contribution in [0.5, 0.6) is 11.5 Å². The summed E-state index contributed by atoms with van der Waals surface area (Å²) in [6, 6.07) is 25.7. The average molecular weight is 423 g/mol. The van der Waals surface area contributed by atoms with E-state index in [2.05, 4.69) is 71.8 Å². The van der Waals surface area contributed by atoms with Crippen molar-refractivity contribution in [3.63, 3.8) is 0 Å². The van der Waals surface area contributed by atoms with Crippen LogP contribution in [0.1, 0.15) is 22.7 Å². The number of hydrogen-bond donors (Lipinski definition) is 1. The standard InChI is InChI=1S/C28H26N2O2/c1-32-28-17-16-25(31)19-24(28)20-29-21-27(23-13-7-3-8-14-23)30-18-10-4-9-15-26(30)22-11-5-2-6-12-22/h2-20,27,31H,21H2,1H3/t27-/m0/s1. The van der Waals surface area contributed by atoms with E-state index in [-0.39, 0.29) is 11.8 Å². The molecule has 1 aliphatic heterocycles. The first-order chi connectivity index (χ1) is 15.8. The van der Waals surface area contributed by atoms with Crippen LogP contribution in [0, 0.1) is 0 Å². The van der Waals surface area contributed by atoms with Crippen LogP contribution in [0.15, 0.2) is 114 Å². The Hall–Kier alpha value is -4.05. The van der Waals surface area contributed by atoms with E-state index in [1.165, 1.54) is 5.56 Å². The lowest BCUT2D eigenvalue weighted by molar-refractivity contribution is 0.401. The molecular weight excluding hydrogens is 396 g/mol. The Morgan fingerprint density at radius 3 is 2.44 bits per heavy atom. The molecule has 4 rings (SSSR count). The van der Waals surface area contributed by atoms with E-state index >= 15 is 0 Å². The van der Waals surface area contributed by atoms with Crippen LogP contribution in [0.4, 0.5) is 0 Å². The fourth-order valence-corrected chi connectivity index (χ4v) is 3.75. The van der Waals surface area contributed by atoms with Crippen molar-refractivity contribution in [1.29, 1.82) is 0 Å². The van der Waals surface area contributed by atoms with Gasteiger partial charge in [-0.15, -0.1) is 0 Å². The zero-order valence-corrected chi connectivity index (χ0v) is 18.0. The van der Waals surface area contributed by atoms with E-state index in [1.54, 1.807) is 31.5 Å². The van der Waals surface area contributed by atoms with Gasteiger partial charge in [-0.2, -0.15) is 0 Å². The first kappa shape index (κ1) is 21.2. The number of methoxy groups -OCH3 is 1. The van der Waals surface area contributed by atoms with Gasteiger partial charge in [-0.3, -0.25) is 4.99 Å². The van der Waals surface area contributed by atoms with E-state index in [9.17, 15) is 5.11 Å². The predicted octanol–water partition coefficient (Wildman–Crippen LogP) is 5.99. The number of aromatic hydroxyl groups is 1. The molecule has 0 saturated heterocycles. The largest absolute Gasteiger partial charge is 0.508 e. The van der Waals surface area contributed by atoms with Crippen LogP contribution in [0.3, 0.4) is 0 Å². The highest BCUT2D eigenvalue weighted by molar-refractivity contribution is 5.84.